The Balaban J connectivity index is 1.56. The van der Waals surface area contributed by atoms with Crippen molar-refractivity contribution in [3.63, 3.8) is 0 Å². The van der Waals surface area contributed by atoms with Crippen molar-refractivity contribution in [2.75, 3.05) is 27.9 Å². The summed E-state index contributed by atoms with van der Waals surface area (Å²) in [7, 11) is 4.54. The average molecular weight is 480 g/mol. The Morgan fingerprint density at radius 2 is 1.85 bits per heavy atom. The van der Waals surface area contributed by atoms with Crippen molar-refractivity contribution in [1.82, 2.24) is 15.3 Å². The summed E-state index contributed by atoms with van der Waals surface area (Å²) in [5.74, 6) is 1.39. The van der Waals surface area contributed by atoms with Crippen LogP contribution in [0.1, 0.15) is 27.7 Å². The van der Waals surface area contributed by atoms with Crippen LogP contribution in [-0.2, 0) is 0 Å². The smallest absolute Gasteiger partial charge is 0.251 e. The number of fused-ring (bicyclic) bond motifs is 1. The summed E-state index contributed by atoms with van der Waals surface area (Å²) >= 11 is 1.62. The fourth-order valence-corrected chi connectivity index (χ4v) is 4.61. The highest BCUT2D eigenvalue weighted by Crippen LogP contribution is 2.35. The molecule has 2 aromatic carbocycles. The molecule has 0 radical (unpaired) electrons. The lowest BCUT2D eigenvalue weighted by Crippen LogP contribution is -2.28. The summed E-state index contributed by atoms with van der Waals surface area (Å²) in [5.41, 5.74) is 2.77. The molecule has 0 aliphatic rings. The molecule has 0 spiro atoms. The molecule has 0 saturated carbocycles. The van der Waals surface area contributed by atoms with Gasteiger partial charge in [0.1, 0.15) is 6.10 Å². The SMILES string of the molecule is COc1cc(C(O)CNC(=O)c2ccc(OC)c(OC)c2)nc(-c2csc3c(C)cccc23)n1. The van der Waals surface area contributed by atoms with Crippen molar-refractivity contribution in [2.45, 2.75) is 13.0 Å². The van der Waals surface area contributed by atoms with Gasteiger partial charge in [-0.15, -0.1) is 11.3 Å². The number of methoxy groups -OCH3 is 3. The zero-order valence-electron chi connectivity index (χ0n) is 19.3. The van der Waals surface area contributed by atoms with Crippen molar-refractivity contribution < 1.29 is 24.1 Å². The number of ether oxygens (including phenoxy) is 3. The van der Waals surface area contributed by atoms with E-state index in [9.17, 15) is 9.90 Å². The molecule has 4 aromatic rings. The number of amides is 1. The zero-order valence-corrected chi connectivity index (χ0v) is 20.1. The number of aromatic nitrogens is 2. The fraction of sp³-hybridized carbons (Fsp3) is 0.240. The van der Waals surface area contributed by atoms with Gasteiger partial charge in [-0.3, -0.25) is 4.79 Å². The predicted molar refractivity (Wildman–Crippen MR) is 131 cm³/mol. The predicted octanol–water partition coefficient (Wildman–Crippen LogP) is 4.16. The van der Waals surface area contributed by atoms with Gasteiger partial charge in [0.05, 0.1) is 27.0 Å². The lowest BCUT2D eigenvalue weighted by atomic mass is 10.1. The van der Waals surface area contributed by atoms with Gasteiger partial charge < -0.3 is 24.6 Å². The highest BCUT2D eigenvalue weighted by molar-refractivity contribution is 7.18. The first-order valence-corrected chi connectivity index (χ1v) is 11.4. The monoisotopic (exact) mass is 479 g/mol. The minimum Gasteiger partial charge on any atom is -0.493 e. The van der Waals surface area contributed by atoms with Crippen LogP contribution in [0.2, 0.25) is 0 Å². The Labute approximate surface area is 201 Å². The summed E-state index contributed by atoms with van der Waals surface area (Å²) in [4.78, 5) is 21.7. The molecule has 9 heteroatoms. The standard InChI is InChI=1S/C25H25N3O5S/c1-14-6-5-7-16-17(13-34-23(14)16)24-27-18(11-22(28-24)33-4)19(29)12-26-25(30)15-8-9-20(31-2)21(10-15)32-3/h5-11,13,19,29H,12H2,1-4H3,(H,26,30). The Hall–Kier alpha value is -3.69. The first-order valence-electron chi connectivity index (χ1n) is 10.5. The molecule has 0 bridgehead atoms. The maximum Gasteiger partial charge on any atom is 0.251 e. The van der Waals surface area contributed by atoms with Gasteiger partial charge in [0.15, 0.2) is 17.3 Å². The number of nitrogens with one attached hydrogen (secondary N) is 1. The minimum absolute atomic E-state index is 0.0454. The molecular weight excluding hydrogens is 454 g/mol. The average Bonchev–Trinajstić information content (AvgIpc) is 3.31. The molecule has 1 unspecified atom stereocenters. The van der Waals surface area contributed by atoms with Gasteiger partial charge >= 0.3 is 0 Å². The first kappa shape index (κ1) is 23.5. The Bertz CT molecular complexity index is 1340. The number of hydrogen-bond donors (Lipinski definition) is 2. The van der Waals surface area contributed by atoms with Gasteiger partial charge in [-0.1, -0.05) is 18.2 Å². The van der Waals surface area contributed by atoms with Gasteiger partial charge in [0.2, 0.25) is 5.88 Å². The molecular formula is C25H25N3O5S. The number of rotatable bonds is 8. The lowest BCUT2D eigenvalue weighted by molar-refractivity contribution is 0.0913. The largest absolute Gasteiger partial charge is 0.493 e. The summed E-state index contributed by atoms with van der Waals surface area (Å²) in [6.45, 7) is 2.02. The first-order chi connectivity index (χ1) is 16.4. The van der Waals surface area contributed by atoms with Gasteiger partial charge in [0.25, 0.3) is 5.91 Å². The van der Waals surface area contributed by atoms with E-state index in [0.29, 0.717) is 34.5 Å². The van der Waals surface area contributed by atoms with Crippen LogP contribution in [-0.4, -0.2) is 48.9 Å². The molecule has 176 valence electrons. The molecule has 2 aromatic heterocycles. The third-order valence-electron chi connectivity index (χ3n) is 5.41. The normalized spacial score (nSPS) is 11.8. The minimum atomic E-state index is -1.06. The summed E-state index contributed by atoms with van der Waals surface area (Å²) < 4.78 is 17.0. The molecule has 0 saturated heterocycles. The van der Waals surface area contributed by atoms with Crippen molar-refractivity contribution >= 4 is 27.3 Å². The van der Waals surface area contributed by atoms with Gasteiger partial charge in [0, 0.05) is 39.2 Å². The highest BCUT2D eigenvalue weighted by Gasteiger charge is 2.18. The third kappa shape index (κ3) is 4.66. The maximum atomic E-state index is 12.6. The molecule has 4 rings (SSSR count). The van der Waals surface area contributed by atoms with E-state index in [4.69, 9.17) is 14.2 Å². The second-order valence-electron chi connectivity index (χ2n) is 7.56. The fourth-order valence-electron chi connectivity index (χ4n) is 3.59. The van der Waals surface area contributed by atoms with Crippen LogP contribution in [0, 0.1) is 6.92 Å². The van der Waals surface area contributed by atoms with E-state index in [-0.39, 0.29) is 12.5 Å². The lowest BCUT2D eigenvalue weighted by Gasteiger charge is -2.14. The van der Waals surface area contributed by atoms with Crippen LogP contribution in [0.25, 0.3) is 21.5 Å². The van der Waals surface area contributed by atoms with Crippen molar-refractivity contribution in [1.29, 1.82) is 0 Å². The molecule has 0 aliphatic heterocycles. The van der Waals surface area contributed by atoms with E-state index in [2.05, 4.69) is 28.3 Å². The van der Waals surface area contributed by atoms with Crippen molar-refractivity contribution in [3.8, 4) is 28.8 Å². The molecule has 1 amide bonds. The molecule has 2 heterocycles. The van der Waals surface area contributed by atoms with E-state index < -0.39 is 6.10 Å². The molecule has 34 heavy (non-hydrogen) atoms. The summed E-state index contributed by atoms with van der Waals surface area (Å²) in [5, 5.41) is 16.6. The molecule has 8 nitrogen and oxygen atoms in total. The zero-order chi connectivity index (χ0) is 24.2. The number of aliphatic hydroxyl groups excluding tert-OH is 1. The quantitative estimate of drug-likeness (QED) is 0.391. The van der Waals surface area contributed by atoms with E-state index in [1.54, 1.807) is 35.6 Å². The number of carbonyl (C=O) groups is 1. The number of carbonyl (C=O) groups excluding carboxylic acids is 1. The molecule has 1 atom stereocenters. The number of aryl methyl sites for hydroxylation is 1. The van der Waals surface area contributed by atoms with Crippen molar-refractivity contribution in [2.24, 2.45) is 0 Å². The van der Waals surface area contributed by atoms with Crippen LogP contribution in [0.15, 0.2) is 47.8 Å². The third-order valence-corrected chi connectivity index (χ3v) is 6.54. The molecule has 0 aliphatic carbocycles. The second-order valence-corrected chi connectivity index (χ2v) is 8.43. The number of aliphatic hydroxyl groups is 1. The Morgan fingerprint density at radius 1 is 1.06 bits per heavy atom. The number of thiophene rings is 1. The highest BCUT2D eigenvalue weighted by atomic mass is 32.1. The number of benzene rings is 2. The Morgan fingerprint density at radius 3 is 2.59 bits per heavy atom. The van der Waals surface area contributed by atoms with Gasteiger partial charge in [-0.05, 0) is 30.7 Å². The topological polar surface area (TPSA) is 103 Å². The van der Waals surface area contributed by atoms with Crippen LogP contribution >= 0.6 is 11.3 Å². The van der Waals surface area contributed by atoms with Gasteiger partial charge in [-0.2, -0.15) is 4.98 Å². The van der Waals surface area contributed by atoms with E-state index in [1.165, 1.54) is 26.9 Å². The van der Waals surface area contributed by atoms with Crippen LogP contribution in [0.4, 0.5) is 0 Å². The van der Waals surface area contributed by atoms with E-state index in [0.717, 1.165) is 15.6 Å². The molecule has 2 N–H and O–H groups in total. The van der Waals surface area contributed by atoms with Crippen LogP contribution in [0.3, 0.4) is 0 Å². The van der Waals surface area contributed by atoms with E-state index >= 15 is 0 Å². The maximum absolute atomic E-state index is 12.6. The molecule has 0 fully saturated rings. The second kappa shape index (κ2) is 10.1. The summed E-state index contributed by atoms with van der Waals surface area (Å²) in [6.07, 6.45) is -1.06. The number of nitrogens with zero attached hydrogens (tertiary/aromatic N) is 2. The number of hydrogen-bond acceptors (Lipinski definition) is 8. The van der Waals surface area contributed by atoms with Gasteiger partial charge in [-0.25, -0.2) is 4.98 Å². The summed E-state index contributed by atoms with van der Waals surface area (Å²) in [6, 6.07) is 12.5. The van der Waals surface area contributed by atoms with Crippen LogP contribution < -0.4 is 19.5 Å². The van der Waals surface area contributed by atoms with Crippen LogP contribution in [0.5, 0.6) is 17.4 Å². The Kier molecular flexibility index (Phi) is 6.95. The van der Waals surface area contributed by atoms with Crippen molar-refractivity contribution in [3.05, 3.63) is 64.7 Å². The van der Waals surface area contributed by atoms with E-state index in [1.807, 2.05) is 17.5 Å².